The predicted octanol–water partition coefficient (Wildman–Crippen LogP) is -1.74. The molecule has 0 aromatic heterocycles. The van der Waals surface area contributed by atoms with Gasteiger partial charge in [0.2, 0.25) is 5.91 Å². The van der Waals surface area contributed by atoms with E-state index in [0.717, 1.165) is 0 Å². The summed E-state index contributed by atoms with van der Waals surface area (Å²) in [4.78, 5) is 22.1. The highest BCUT2D eigenvalue weighted by Crippen LogP contribution is 1.87. The molecule has 0 saturated heterocycles. The SMILES string of the molecule is COC(=O)C(CNCCOCCO)NC(C)=O. The van der Waals surface area contributed by atoms with Crippen LogP contribution in [0.5, 0.6) is 0 Å². The molecule has 7 nitrogen and oxygen atoms in total. The van der Waals surface area contributed by atoms with Gasteiger partial charge in [-0.3, -0.25) is 4.79 Å². The zero-order valence-corrected chi connectivity index (χ0v) is 10.2. The first-order valence-electron chi connectivity index (χ1n) is 5.36. The summed E-state index contributed by atoms with van der Waals surface area (Å²) in [6.45, 7) is 2.82. The Labute approximate surface area is 100 Å². The zero-order chi connectivity index (χ0) is 13.1. The lowest BCUT2D eigenvalue weighted by atomic mass is 10.3. The number of hydrogen-bond donors (Lipinski definition) is 3. The first kappa shape index (κ1) is 15.8. The largest absolute Gasteiger partial charge is 0.467 e. The number of hydrogen-bond acceptors (Lipinski definition) is 6. The van der Waals surface area contributed by atoms with Crippen LogP contribution >= 0.6 is 0 Å². The molecule has 0 aromatic carbocycles. The third kappa shape index (κ3) is 8.61. The van der Waals surface area contributed by atoms with Gasteiger partial charge >= 0.3 is 5.97 Å². The number of aliphatic hydroxyl groups is 1. The van der Waals surface area contributed by atoms with E-state index in [-0.39, 0.29) is 25.7 Å². The molecule has 0 aliphatic heterocycles. The molecule has 100 valence electrons. The topological polar surface area (TPSA) is 96.9 Å². The van der Waals surface area contributed by atoms with Crippen LogP contribution in [0.25, 0.3) is 0 Å². The minimum Gasteiger partial charge on any atom is -0.467 e. The molecule has 0 saturated carbocycles. The Morgan fingerprint density at radius 3 is 2.59 bits per heavy atom. The number of aliphatic hydroxyl groups excluding tert-OH is 1. The van der Waals surface area contributed by atoms with Crippen LogP contribution in [0, 0.1) is 0 Å². The molecule has 0 spiro atoms. The normalized spacial score (nSPS) is 11.9. The molecule has 0 aromatic rings. The minimum absolute atomic E-state index is 0.0172. The van der Waals surface area contributed by atoms with Gasteiger partial charge in [0.15, 0.2) is 0 Å². The van der Waals surface area contributed by atoms with Crippen molar-refractivity contribution in [2.45, 2.75) is 13.0 Å². The van der Waals surface area contributed by atoms with Crippen molar-refractivity contribution in [3.05, 3.63) is 0 Å². The first-order chi connectivity index (χ1) is 8.11. The van der Waals surface area contributed by atoms with Crippen molar-refractivity contribution in [1.82, 2.24) is 10.6 Å². The highest BCUT2D eigenvalue weighted by molar-refractivity contribution is 5.83. The number of carbonyl (C=O) groups excluding carboxylic acids is 2. The number of methoxy groups -OCH3 is 1. The number of ether oxygens (including phenoxy) is 2. The van der Waals surface area contributed by atoms with Crippen LogP contribution in [0.3, 0.4) is 0 Å². The van der Waals surface area contributed by atoms with Crippen molar-refractivity contribution in [2.24, 2.45) is 0 Å². The van der Waals surface area contributed by atoms with Gasteiger partial charge in [0.1, 0.15) is 6.04 Å². The van der Waals surface area contributed by atoms with E-state index >= 15 is 0 Å². The van der Waals surface area contributed by atoms with Gasteiger partial charge in [-0.15, -0.1) is 0 Å². The number of rotatable bonds is 9. The molecule has 0 radical (unpaired) electrons. The maximum Gasteiger partial charge on any atom is 0.329 e. The number of nitrogens with one attached hydrogen (secondary N) is 2. The Bertz CT molecular complexity index is 235. The third-order valence-electron chi connectivity index (χ3n) is 1.87. The minimum atomic E-state index is -0.699. The van der Waals surface area contributed by atoms with Crippen LogP contribution in [0.2, 0.25) is 0 Å². The average Bonchev–Trinajstić information content (AvgIpc) is 2.30. The molecule has 0 fully saturated rings. The average molecular weight is 248 g/mol. The second-order valence-electron chi connectivity index (χ2n) is 3.32. The van der Waals surface area contributed by atoms with Crippen molar-refractivity contribution >= 4 is 11.9 Å². The molecule has 7 heteroatoms. The number of carbonyl (C=O) groups is 2. The summed E-state index contributed by atoms with van der Waals surface area (Å²) in [6, 6.07) is -0.699. The molecule has 1 unspecified atom stereocenters. The lowest BCUT2D eigenvalue weighted by Gasteiger charge is -2.16. The molecule has 0 aliphatic carbocycles. The van der Waals surface area contributed by atoms with E-state index in [1.807, 2.05) is 0 Å². The van der Waals surface area contributed by atoms with Crippen LogP contribution in [-0.4, -0.2) is 63.0 Å². The summed E-state index contributed by atoms with van der Waals surface area (Å²) in [6.07, 6.45) is 0. The Kier molecular flexibility index (Phi) is 9.31. The van der Waals surface area contributed by atoms with Crippen LogP contribution in [0.15, 0.2) is 0 Å². The van der Waals surface area contributed by atoms with Crippen molar-refractivity contribution in [1.29, 1.82) is 0 Å². The molecule has 0 bridgehead atoms. The van der Waals surface area contributed by atoms with Gasteiger partial charge in [0, 0.05) is 20.0 Å². The fraction of sp³-hybridized carbons (Fsp3) is 0.800. The van der Waals surface area contributed by atoms with Crippen LogP contribution in [0.1, 0.15) is 6.92 Å². The summed E-state index contributed by atoms with van der Waals surface area (Å²) < 4.78 is 9.57. The smallest absolute Gasteiger partial charge is 0.329 e. The van der Waals surface area contributed by atoms with E-state index in [2.05, 4.69) is 15.4 Å². The molecular formula is C10H20N2O5. The van der Waals surface area contributed by atoms with Crippen LogP contribution in [0.4, 0.5) is 0 Å². The molecule has 3 N–H and O–H groups in total. The molecule has 1 amide bonds. The maximum atomic E-state index is 11.3. The molecule has 1 atom stereocenters. The number of esters is 1. The standard InChI is InChI=1S/C10H20N2O5/c1-8(14)12-9(10(15)16-2)7-11-3-5-17-6-4-13/h9,11,13H,3-7H2,1-2H3,(H,12,14). The van der Waals surface area contributed by atoms with Gasteiger partial charge in [-0.1, -0.05) is 0 Å². The molecule has 0 rings (SSSR count). The van der Waals surface area contributed by atoms with Crippen LogP contribution < -0.4 is 10.6 Å². The monoisotopic (exact) mass is 248 g/mol. The Morgan fingerprint density at radius 1 is 1.35 bits per heavy atom. The van der Waals surface area contributed by atoms with Crippen LogP contribution in [-0.2, 0) is 19.1 Å². The van der Waals surface area contributed by atoms with E-state index in [0.29, 0.717) is 13.2 Å². The summed E-state index contributed by atoms with van der Waals surface area (Å²) in [7, 11) is 1.27. The second-order valence-corrected chi connectivity index (χ2v) is 3.32. The Balaban J connectivity index is 3.76. The van der Waals surface area contributed by atoms with Crippen molar-refractivity contribution in [2.75, 3.05) is 40.0 Å². The Hall–Kier alpha value is -1.18. The highest BCUT2D eigenvalue weighted by atomic mass is 16.5. The lowest BCUT2D eigenvalue weighted by Crippen LogP contribution is -2.47. The van der Waals surface area contributed by atoms with Crippen molar-refractivity contribution in [3.8, 4) is 0 Å². The van der Waals surface area contributed by atoms with E-state index < -0.39 is 12.0 Å². The van der Waals surface area contributed by atoms with E-state index in [1.54, 1.807) is 0 Å². The van der Waals surface area contributed by atoms with Gasteiger partial charge in [0.25, 0.3) is 0 Å². The van der Waals surface area contributed by atoms with E-state index in [1.165, 1.54) is 14.0 Å². The second kappa shape index (κ2) is 10.0. The van der Waals surface area contributed by atoms with E-state index in [9.17, 15) is 9.59 Å². The fourth-order valence-electron chi connectivity index (χ4n) is 1.14. The zero-order valence-electron chi connectivity index (χ0n) is 10.2. The molecule has 17 heavy (non-hydrogen) atoms. The predicted molar refractivity (Wildman–Crippen MR) is 60.4 cm³/mol. The third-order valence-corrected chi connectivity index (χ3v) is 1.87. The molecular weight excluding hydrogens is 228 g/mol. The highest BCUT2D eigenvalue weighted by Gasteiger charge is 2.19. The van der Waals surface area contributed by atoms with E-state index in [4.69, 9.17) is 9.84 Å². The van der Waals surface area contributed by atoms with Gasteiger partial charge in [-0.25, -0.2) is 4.79 Å². The van der Waals surface area contributed by atoms with Crippen molar-refractivity contribution < 1.29 is 24.2 Å². The molecule has 0 heterocycles. The summed E-state index contributed by atoms with van der Waals surface area (Å²) in [5, 5.41) is 13.9. The van der Waals surface area contributed by atoms with Gasteiger partial charge < -0.3 is 25.2 Å². The Morgan fingerprint density at radius 2 is 2.06 bits per heavy atom. The first-order valence-corrected chi connectivity index (χ1v) is 5.36. The fourth-order valence-corrected chi connectivity index (χ4v) is 1.14. The van der Waals surface area contributed by atoms with Crippen molar-refractivity contribution in [3.63, 3.8) is 0 Å². The number of amides is 1. The quantitative estimate of drug-likeness (QED) is 0.331. The van der Waals surface area contributed by atoms with Gasteiger partial charge in [-0.05, 0) is 0 Å². The molecule has 0 aliphatic rings. The summed E-state index contributed by atoms with van der Waals surface area (Å²) >= 11 is 0. The lowest BCUT2D eigenvalue weighted by molar-refractivity contribution is -0.144. The van der Waals surface area contributed by atoms with Gasteiger partial charge in [0.05, 0.1) is 26.9 Å². The van der Waals surface area contributed by atoms with Gasteiger partial charge in [-0.2, -0.15) is 0 Å². The maximum absolute atomic E-state index is 11.3. The summed E-state index contributed by atoms with van der Waals surface area (Å²) in [5.74, 6) is -0.789. The summed E-state index contributed by atoms with van der Waals surface area (Å²) in [5.41, 5.74) is 0.